The van der Waals surface area contributed by atoms with E-state index < -0.39 is 0 Å². The summed E-state index contributed by atoms with van der Waals surface area (Å²) in [5.41, 5.74) is 1.80. The van der Waals surface area contributed by atoms with E-state index in [2.05, 4.69) is 5.32 Å². The lowest BCUT2D eigenvalue weighted by molar-refractivity contribution is -0.121. The zero-order valence-corrected chi connectivity index (χ0v) is 15.0. The van der Waals surface area contributed by atoms with Crippen LogP contribution in [0, 0.1) is 0 Å². The van der Waals surface area contributed by atoms with Crippen LogP contribution in [0.5, 0.6) is 11.5 Å². The number of hydrogen-bond acceptors (Lipinski definition) is 4. The van der Waals surface area contributed by atoms with Crippen molar-refractivity contribution in [1.29, 1.82) is 0 Å². The van der Waals surface area contributed by atoms with Gasteiger partial charge in [-0.2, -0.15) is 0 Å². The van der Waals surface area contributed by atoms with Crippen molar-refractivity contribution in [2.24, 2.45) is 0 Å². The van der Waals surface area contributed by atoms with Gasteiger partial charge in [0.2, 0.25) is 0 Å². The lowest BCUT2D eigenvalue weighted by Gasteiger charge is -2.29. The molecule has 1 heterocycles. The van der Waals surface area contributed by atoms with Crippen LogP contribution >= 0.6 is 0 Å². The van der Waals surface area contributed by atoms with Gasteiger partial charge in [-0.3, -0.25) is 9.59 Å². The molecule has 1 aliphatic heterocycles. The summed E-state index contributed by atoms with van der Waals surface area (Å²) in [5.74, 6) is 0.983. The van der Waals surface area contributed by atoms with Crippen LogP contribution in [0.25, 0.3) is 0 Å². The Labute approximate surface area is 152 Å². The van der Waals surface area contributed by atoms with Crippen LogP contribution in [-0.4, -0.2) is 31.6 Å². The molecule has 1 N–H and O–H groups in total. The minimum atomic E-state index is -0.239. The molecule has 0 saturated carbocycles. The highest BCUT2D eigenvalue weighted by molar-refractivity contribution is 6.05. The Morgan fingerprint density at radius 3 is 2.85 bits per heavy atom. The number of carbonyl (C=O) groups is 2. The van der Waals surface area contributed by atoms with Gasteiger partial charge < -0.3 is 19.7 Å². The van der Waals surface area contributed by atoms with Crippen LogP contribution in [0.15, 0.2) is 42.5 Å². The van der Waals surface area contributed by atoms with Gasteiger partial charge in [-0.15, -0.1) is 0 Å². The molecule has 0 bridgehead atoms. The maximum absolute atomic E-state index is 12.5. The Balaban J connectivity index is 1.81. The topological polar surface area (TPSA) is 67.9 Å². The number of hydrogen-bond donors (Lipinski definition) is 1. The Morgan fingerprint density at radius 1 is 1.23 bits per heavy atom. The lowest BCUT2D eigenvalue weighted by Crippen LogP contribution is -2.39. The fourth-order valence-electron chi connectivity index (χ4n) is 2.85. The van der Waals surface area contributed by atoms with Gasteiger partial charge >= 0.3 is 0 Å². The van der Waals surface area contributed by atoms with E-state index in [-0.39, 0.29) is 18.4 Å². The van der Waals surface area contributed by atoms with E-state index in [1.807, 2.05) is 19.9 Å². The van der Waals surface area contributed by atoms with Crippen molar-refractivity contribution >= 4 is 23.2 Å². The van der Waals surface area contributed by atoms with Crippen LogP contribution in [0.3, 0.4) is 0 Å². The van der Waals surface area contributed by atoms with Crippen molar-refractivity contribution in [3.63, 3.8) is 0 Å². The molecule has 0 atom stereocenters. The average molecular weight is 354 g/mol. The highest BCUT2D eigenvalue weighted by atomic mass is 16.5. The molecule has 136 valence electrons. The fourth-order valence-corrected chi connectivity index (χ4v) is 2.85. The first-order valence-corrected chi connectivity index (χ1v) is 8.73. The Morgan fingerprint density at radius 2 is 2.08 bits per heavy atom. The standard InChI is InChI=1S/C20H22N2O4/c1-3-10-22-17-12-15(8-9-18(17)26-13-19(22)23)21-20(24)14-6-5-7-16(11-14)25-4-2/h5-9,11-12H,3-4,10,13H2,1-2H3,(H,21,24). The monoisotopic (exact) mass is 354 g/mol. The first kappa shape index (κ1) is 17.8. The first-order valence-electron chi connectivity index (χ1n) is 8.73. The second kappa shape index (κ2) is 7.91. The Bertz CT molecular complexity index is 819. The van der Waals surface area contributed by atoms with Gasteiger partial charge in [0.1, 0.15) is 11.5 Å². The third-order valence-corrected chi connectivity index (χ3v) is 4.01. The van der Waals surface area contributed by atoms with Crippen LogP contribution < -0.4 is 19.7 Å². The number of anilines is 2. The normalized spacial score (nSPS) is 13.0. The van der Waals surface area contributed by atoms with Crippen LogP contribution in [-0.2, 0) is 4.79 Å². The van der Waals surface area contributed by atoms with E-state index in [1.165, 1.54) is 0 Å². The Kier molecular flexibility index (Phi) is 5.41. The molecule has 1 aliphatic rings. The molecule has 0 saturated heterocycles. The Hall–Kier alpha value is -3.02. The number of nitrogens with zero attached hydrogens (tertiary/aromatic N) is 1. The molecule has 0 spiro atoms. The number of benzene rings is 2. The highest BCUT2D eigenvalue weighted by Gasteiger charge is 2.25. The third kappa shape index (κ3) is 3.79. The quantitative estimate of drug-likeness (QED) is 0.862. The fraction of sp³-hybridized carbons (Fsp3) is 0.300. The minimum absolute atomic E-state index is 0.0446. The van der Waals surface area contributed by atoms with Gasteiger partial charge in [0.05, 0.1) is 12.3 Å². The number of rotatable bonds is 6. The average Bonchev–Trinajstić information content (AvgIpc) is 2.65. The van der Waals surface area contributed by atoms with Crippen LogP contribution in [0.4, 0.5) is 11.4 Å². The van der Waals surface area contributed by atoms with Crippen molar-refractivity contribution in [2.45, 2.75) is 20.3 Å². The van der Waals surface area contributed by atoms with Crippen LogP contribution in [0.1, 0.15) is 30.6 Å². The van der Waals surface area contributed by atoms with Crippen LogP contribution in [0.2, 0.25) is 0 Å². The molecule has 0 fully saturated rings. The minimum Gasteiger partial charge on any atom is -0.494 e. The zero-order chi connectivity index (χ0) is 18.5. The van der Waals surface area contributed by atoms with E-state index in [1.54, 1.807) is 41.3 Å². The van der Waals surface area contributed by atoms with E-state index >= 15 is 0 Å². The molecule has 2 aromatic rings. The van der Waals surface area contributed by atoms with E-state index in [9.17, 15) is 9.59 Å². The van der Waals surface area contributed by atoms with Gasteiger partial charge in [-0.25, -0.2) is 0 Å². The maximum Gasteiger partial charge on any atom is 0.265 e. The van der Waals surface area contributed by atoms with Crippen molar-refractivity contribution in [1.82, 2.24) is 0 Å². The highest BCUT2D eigenvalue weighted by Crippen LogP contribution is 2.34. The first-order chi connectivity index (χ1) is 12.6. The van der Waals surface area contributed by atoms with Gasteiger partial charge in [0, 0.05) is 17.8 Å². The zero-order valence-electron chi connectivity index (χ0n) is 15.0. The molecule has 26 heavy (non-hydrogen) atoms. The molecular weight excluding hydrogens is 332 g/mol. The summed E-state index contributed by atoms with van der Waals surface area (Å²) in [4.78, 5) is 26.3. The summed E-state index contributed by atoms with van der Waals surface area (Å²) >= 11 is 0. The van der Waals surface area contributed by atoms with Gasteiger partial charge in [-0.05, 0) is 49.7 Å². The number of nitrogens with one attached hydrogen (secondary N) is 1. The summed E-state index contributed by atoms with van der Waals surface area (Å²) in [5, 5.41) is 2.87. The number of ether oxygens (including phenoxy) is 2. The summed E-state index contributed by atoms with van der Waals surface area (Å²) in [7, 11) is 0. The molecule has 6 heteroatoms. The van der Waals surface area contributed by atoms with Crippen molar-refractivity contribution < 1.29 is 19.1 Å². The van der Waals surface area contributed by atoms with E-state index in [4.69, 9.17) is 9.47 Å². The van der Waals surface area contributed by atoms with Crippen molar-refractivity contribution in [2.75, 3.05) is 30.0 Å². The molecule has 0 aromatic heterocycles. The predicted octanol–water partition coefficient (Wildman–Crippen LogP) is 3.47. The molecule has 3 rings (SSSR count). The van der Waals surface area contributed by atoms with Crippen molar-refractivity contribution in [3.8, 4) is 11.5 Å². The SMILES string of the molecule is CCCN1C(=O)COc2ccc(NC(=O)c3cccc(OCC)c3)cc21. The largest absolute Gasteiger partial charge is 0.494 e. The molecule has 2 amide bonds. The lowest BCUT2D eigenvalue weighted by atomic mass is 10.1. The second-order valence-corrected chi connectivity index (χ2v) is 5.93. The predicted molar refractivity (Wildman–Crippen MR) is 100 cm³/mol. The van der Waals surface area contributed by atoms with E-state index in [0.29, 0.717) is 41.6 Å². The molecule has 6 nitrogen and oxygen atoms in total. The molecule has 2 aromatic carbocycles. The maximum atomic E-state index is 12.5. The third-order valence-electron chi connectivity index (χ3n) is 4.01. The number of carbonyl (C=O) groups excluding carboxylic acids is 2. The molecular formula is C20H22N2O4. The number of amides is 2. The molecule has 0 radical (unpaired) electrons. The smallest absolute Gasteiger partial charge is 0.265 e. The van der Waals surface area contributed by atoms with Gasteiger partial charge in [0.25, 0.3) is 11.8 Å². The van der Waals surface area contributed by atoms with Crippen molar-refractivity contribution in [3.05, 3.63) is 48.0 Å². The molecule has 0 unspecified atom stereocenters. The summed E-state index contributed by atoms with van der Waals surface area (Å²) in [6.45, 7) is 5.10. The second-order valence-electron chi connectivity index (χ2n) is 5.93. The molecule has 0 aliphatic carbocycles. The van der Waals surface area contributed by atoms with E-state index in [0.717, 1.165) is 6.42 Å². The number of fused-ring (bicyclic) bond motifs is 1. The summed E-state index contributed by atoms with van der Waals surface area (Å²) in [6.07, 6.45) is 0.839. The van der Waals surface area contributed by atoms with Gasteiger partial charge in [0.15, 0.2) is 6.61 Å². The summed E-state index contributed by atoms with van der Waals surface area (Å²) in [6, 6.07) is 12.3. The summed E-state index contributed by atoms with van der Waals surface area (Å²) < 4.78 is 10.9. The van der Waals surface area contributed by atoms with Gasteiger partial charge in [-0.1, -0.05) is 13.0 Å².